The highest BCUT2D eigenvalue weighted by molar-refractivity contribution is 8.02. The molecule has 2 atom stereocenters. The summed E-state index contributed by atoms with van der Waals surface area (Å²) in [5.41, 5.74) is 6.96. The summed E-state index contributed by atoms with van der Waals surface area (Å²) >= 11 is 1.92. The molecular weight excluding hydrogens is 142 g/mol. The molecule has 0 saturated heterocycles. The van der Waals surface area contributed by atoms with Gasteiger partial charge in [-0.2, -0.15) is 0 Å². The summed E-state index contributed by atoms with van der Waals surface area (Å²) in [5, 5.41) is 2.99. The molecule has 2 heterocycles. The Bertz CT molecular complexity index is 178. The molecule has 3 rings (SSSR count). The van der Waals surface area contributed by atoms with Gasteiger partial charge in [-0.05, 0) is 17.2 Å². The van der Waals surface area contributed by atoms with E-state index in [2.05, 4.69) is 19.3 Å². The van der Waals surface area contributed by atoms with Crippen LogP contribution in [0.5, 0.6) is 0 Å². The van der Waals surface area contributed by atoms with Crippen molar-refractivity contribution >= 4 is 11.8 Å². The number of nitrogens with two attached hydrogens (primary N) is 1. The van der Waals surface area contributed by atoms with Crippen LogP contribution in [0.2, 0.25) is 0 Å². The first-order chi connectivity index (χ1) is 4.72. The lowest BCUT2D eigenvalue weighted by Crippen LogP contribution is -2.50. The highest BCUT2D eigenvalue weighted by Crippen LogP contribution is 2.54. The molecule has 2 aliphatic heterocycles. The van der Waals surface area contributed by atoms with Crippen LogP contribution in [0.4, 0.5) is 0 Å². The normalized spacial score (nSPS) is 51.6. The molecule has 0 aromatic carbocycles. The zero-order chi connectivity index (χ0) is 7.30. The van der Waals surface area contributed by atoms with Gasteiger partial charge in [0, 0.05) is 16.9 Å². The molecule has 2 unspecified atom stereocenters. The van der Waals surface area contributed by atoms with Gasteiger partial charge in [-0.3, -0.25) is 0 Å². The first-order valence-corrected chi connectivity index (χ1v) is 4.77. The van der Waals surface area contributed by atoms with Crippen molar-refractivity contribution in [1.82, 2.24) is 0 Å². The molecule has 1 fully saturated rings. The SMILES string of the molecule is CC1C2SC=C(N)C1C2C. The van der Waals surface area contributed by atoms with E-state index in [4.69, 9.17) is 5.73 Å². The molecule has 0 spiro atoms. The summed E-state index contributed by atoms with van der Waals surface area (Å²) in [4.78, 5) is 0. The fourth-order valence-electron chi connectivity index (χ4n) is 2.31. The van der Waals surface area contributed by atoms with Gasteiger partial charge in [0.05, 0.1) is 0 Å². The van der Waals surface area contributed by atoms with Crippen molar-refractivity contribution < 1.29 is 0 Å². The maximum atomic E-state index is 5.84. The summed E-state index contributed by atoms with van der Waals surface area (Å²) in [6, 6.07) is 0. The second-order valence-electron chi connectivity index (χ2n) is 3.46. The molecule has 0 aromatic heterocycles. The minimum absolute atomic E-state index is 0.700. The monoisotopic (exact) mass is 155 g/mol. The van der Waals surface area contributed by atoms with Crippen LogP contribution in [0.15, 0.2) is 11.1 Å². The van der Waals surface area contributed by atoms with Crippen LogP contribution in [0.1, 0.15) is 13.8 Å². The molecule has 2 N–H and O–H groups in total. The van der Waals surface area contributed by atoms with Crippen LogP contribution in [-0.2, 0) is 0 Å². The molecule has 2 heteroatoms. The van der Waals surface area contributed by atoms with Crippen LogP contribution >= 0.6 is 11.8 Å². The molecule has 0 aromatic rings. The smallest absolute Gasteiger partial charge is 0.0182 e. The Morgan fingerprint density at radius 1 is 1.40 bits per heavy atom. The van der Waals surface area contributed by atoms with Gasteiger partial charge in [0.1, 0.15) is 0 Å². The van der Waals surface area contributed by atoms with Crippen molar-refractivity contribution in [2.45, 2.75) is 19.1 Å². The fourth-order valence-corrected chi connectivity index (χ4v) is 3.62. The Morgan fingerprint density at radius 2 is 2.00 bits per heavy atom. The largest absolute Gasteiger partial charge is 0.401 e. The van der Waals surface area contributed by atoms with Gasteiger partial charge in [-0.15, -0.1) is 11.8 Å². The Kier molecular flexibility index (Phi) is 1.28. The zero-order valence-corrected chi connectivity index (χ0v) is 7.19. The van der Waals surface area contributed by atoms with E-state index in [1.807, 2.05) is 11.8 Å². The van der Waals surface area contributed by atoms with Gasteiger partial charge >= 0.3 is 0 Å². The molecule has 2 bridgehead atoms. The zero-order valence-electron chi connectivity index (χ0n) is 6.37. The van der Waals surface area contributed by atoms with Crippen molar-refractivity contribution in [1.29, 1.82) is 0 Å². The van der Waals surface area contributed by atoms with E-state index in [1.165, 1.54) is 0 Å². The number of rotatable bonds is 0. The van der Waals surface area contributed by atoms with Gasteiger partial charge in [-0.1, -0.05) is 13.8 Å². The summed E-state index contributed by atoms with van der Waals surface area (Å²) in [6.45, 7) is 4.62. The molecule has 3 aliphatic rings. The predicted molar refractivity (Wildman–Crippen MR) is 45.5 cm³/mol. The molecule has 56 valence electrons. The van der Waals surface area contributed by atoms with Crippen LogP contribution in [0.3, 0.4) is 0 Å². The van der Waals surface area contributed by atoms with Crippen LogP contribution in [0, 0.1) is 17.8 Å². The van der Waals surface area contributed by atoms with Crippen LogP contribution in [-0.4, -0.2) is 5.25 Å². The predicted octanol–water partition coefficient (Wildman–Crippen LogP) is 1.80. The summed E-state index contributed by atoms with van der Waals surface area (Å²) in [6.07, 6.45) is 0. The molecule has 1 aliphatic carbocycles. The van der Waals surface area contributed by atoms with Gasteiger partial charge in [0.2, 0.25) is 0 Å². The molecule has 1 saturated carbocycles. The van der Waals surface area contributed by atoms with E-state index in [9.17, 15) is 0 Å². The maximum Gasteiger partial charge on any atom is 0.0182 e. The number of hydrogen-bond acceptors (Lipinski definition) is 2. The maximum absolute atomic E-state index is 5.84. The first kappa shape index (κ1) is 6.59. The highest BCUT2D eigenvalue weighted by atomic mass is 32.2. The Hall–Kier alpha value is -0.110. The quantitative estimate of drug-likeness (QED) is 0.577. The average Bonchev–Trinajstić information content (AvgIpc) is 1.88. The third-order valence-electron chi connectivity index (χ3n) is 2.92. The summed E-state index contributed by atoms with van der Waals surface area (Å²) < 4.78 is 0. The standard InChI is InChI=1S/C8H13NS/c1-4-7-5(2)8(4)10-3-6(7)9/h3-5,7-8H,9H2,1-2H3. The van der Waals surface area contributed by atoms with Crippen molar-refractivity contribution in [3.05, 3.63) is 11.1 Å². The summed E-state index contributed by atoms with van der Waals surface area (Å²) in [5.74, 6) is 2.35. The number of thioether (sulfide) groups is 1. The van der Waals surface area contributed by atoms with E-state index in [1.54, 1.807) is 0 Å². The summed E-state index contributed by atoms with van der Waals surface area (Å²) in [7, 11) is 0. The van der Waals surface area contributed by atoms with Crippen molar-refractivity contribution in [2.75, 3.05) is 0 Å². The van der Waals surface area contributed by atoms with Crippen molar-refractivity contribution in [2.24, 2.45) is 23.5 Å². The van der Waals surface area contributed by atoms with Gasteiger partial charge in [0.25, 0.3) is 0 Å². The van der Waals surface area contributed by atoms with E-state index >= 15 is 0 Å². The molecule has 1 nitrogen and oxygen atoms in total. The minimum Gasteiger partial charge on any atom is -0.401 e. The Balaban J connectivity index is 2.26. The molecule has 0 radical (unpaired) electrons. The first-order valence-electron chi connectivity index (χ1n) is 3.83. The number of fused-ring (bicyclic) bond motifs is 1. The van der Waals surface area contributed by atoms with E-state index in [0.717, 1.165) is 22.8 Å². The average molecular weight is 155 g/mol. The lowest BCUT2D eigenvalue weighted by atomic mass is 9.64. The van der Waals surface area contributed by atoms with Gasteiger partial charge in [0.15, 0.2) is 0 Å². The Morgan fingerprint density at radius 3 is 2.30 bits per heavy atom. The second-order valence-corrected chi connectivity index (χ2v) is 4.51. The van der Waals surface area contributed by atoms with E-state index in [0.29, 0.717) is 5.92 Å². The van der Waals surface area contributed by atoms with Crippen molar-refractivity contribution in [3.63, 3.8) is 0 Å². The van der Waals surface area contributed by atoms with Crippen molar-refractivity contribution in [3.8, 4) is 0 Å². The van der Waals surface area contributed by atoms with Crippen LogP contribution in [0.25, 0.3) is 0 Å². The number of allylic oxidation sites excluding steroid dienone is 1. The van der Waals surface area contributed by atoms with Gasteiger partial charge in [-0.25, -0.2) is 0 Å². The van der Waals surface area contributed by atoms with E-state index < -0.39 is 0 Å². The molecular formula is C8H13NS. The minimum atomic E-state index is 0.700. The van der Waals surface area contributed by atoms with E-state index in [-0.39, 0.29) is 0 Å². The molecule has 0 amide bonds. The lowest BCUT2D eigenvalue weighted by molar-refractivity contribution is 0.145. The topological polar surface area (TPSA) is 26.0 Å². The third kappa shape index (κ3) is 0.605. The Labute approximate surface area is 66.1 Å². The lowest BCUT2D eigenvalue weighted by Gasteiger charge is -2.51. The second kappa shape index (κ2) is 1.94. The molecule has 10 heavy (non-hydrogen) atoms. The highest BCUT2D eigenvalue weighted by Gasteiger charge is 2.48. The third-order valence-corrected chi connectivity index (χ3v) is 4.50. The number of hydrogen-bond donors (Lipinski definition) is 1. The van der Waals surface area contributed by atoms with Gasteiger partial charge < -0.3 is 5.73 Å². The van der Waals surface area contributed by atoms with Crippen LogP contribution < -0.4 is 5.73 Å². The fraction of sp³-hybridized carbons (Fsp3) is 0.750.